The van der Waals surface area contributed by atoms with Gasteiger partial charge in [0.1, 0.15) is 6.33 Å². The first kappa shape index (κ1) is 25.3. The predicted octanol–water partition coefficient (Wildman–Crippen LogP) is 12.0. The van der Waals surface area contributed by atoms with Gasteiger partial charge in [-0.3, -0.25) is 0 Å². The first-order chi connectivity index (χ1) is 22.2. The number of benzene rings is 6. The van der Waals surface area contributed by atoms with Gasteiger partial charge in [0, 0.05) is 71.6 Å². The molecule has 0 spiro atoms. The van der Waals surface area contributed by atoms with Gasteiger partial charge in [-0.1, -0.05) is 48.5 Å². The fraction of sp³-hybridized carbons (Fsp3) is 0. The van der Waals surface area contributed by atoms with E-state index in [-0.39, 0.29) is 0 Å². The van der Waals surface area contributed by atoms with Crippen molar-refractivity contribution in [1.29, 1.82) is 0 Å². The van der Waals surface area contributed by atoms with Gasteiger partial charge in [-0.2, -0.15) is 0 Å². The normalized spacial score (nSPS) is 12.0. The number of rotatable bonds is 3. The van der Waals surface area contributed by atoms with E-state index < -0.39 is 0 Å². The monoisotopic (exact) mass is 627 g/mol. The van der Waals surface area contributed by atoms with Crippen molar-refractivity contribution in [2.75, 3.05) is 0 Å². The summed E-state index contributed by atoms with van der Waals surface area (Å²) in [4.78, 5) is 14.1. The summed E-state index contributed by atoms with van der Waals surface area (Å²) in [6.07, 6.45) is 1.63. The van der Waals surface area contributed by atoms with Crippen LogP contribution in [0.3, 0.4) is 0 Å². The molecule has 210 valence electrons. The van der Waals surface area contributed by atoms with E-state index in [1.54, 1.807) is 6.33 Å². The Balaban J connectivity index is 1.07. The van der Waals surface area contributed by atoms with Crippen molar-refractivity contribution in [3.8, 4) is 33.9 Å². The minimum atomic E-state index is 0.683. The van der Waals surface area contributed by atoms with Crippen molar-refractivity contribution in [3.05, 3.63) is 128 Å². The number of hydrogen-bond donors (Lipinski definition) is 0. The van der Waals surface area contributed by atoms with E-state index in [1.807, 2.05) is 34.0 Å². The van der Waals surface area contributed by atoms with Crippen LogP contribution in [0.4, 0.5) is 0 Å². The highest BCUT2D eigenvalue weighted by atomic mass is 32.1. The smallest absolute Gasteiger partial charge is 0.163 e. The van der Waals surface area contributed by atoms with Gasteiger partial charge in [-0.25, -0.2) is 15.0 Å². The quantitative estimate of drug-likeness (QED) is 0.196. The summed E-state index contributed by atoms with van der Waals surface area (Å²) in [5.41, 5.74) is 4.45. The Hall–Kier alpha value is -5.01. The van der Waals surface area contributed by atoms with E-state index >= 15 is 0 Å². The van der Waals surface area contributed by atoms with E-state index in [9.17, 15) is 0 Å². The second-order valence-electron chi connectivity index (χ2n) is 11.3. The molecule has 0 saturated heterocycles. The molecular weight excluding hydrogens is 607 g/mol. The maximum atomic E-state index is 4.96. The van der Waals surface area contributed by atoms with E-state index in [1.165, 1.54) is 71.6 Å². The minimum absolute atomic E-state index is 0.683. The zero-order valence-corrected chi connectivity index (χ0v) is 26.1. The van der Waals surface area contributed by atoms with Gasteiger partial charge in [0.05, 0.1) is 0 Å². The molecule has 0 fully saturated rings. The fourth-order valence-corrected chi connectivity index (χ4v) is 9.68. The average molecular weight is 628 g/mol. The Morgan fingerprint density at radius 2 is 0.689 bits per heavy atom. The SMILES string of the molecule is c1ccc2c(c1)sc1ccc(-c3ccc4sc5ccc(-c6ncnc(-c7ccc8sc9ccccc9c8c7)n6)cc5c4c3)cc12. The second-order valence-corrected chi connectivity index (χ2v) is 14.5. The zero-order chi connectivity index (χ0) is 29.5. The summed E-state index contributed by atoms with van der Waals surface area (Å²) >= 11 is 5.50. The Kier molecular flexibility index (Phi) is 5.49. The third kappa shape index (κ3) is 4.03. The van der Waals surface area contributed by atoms with Crippen LogP contribution in [-0.2, 0) is 0 Å². The Morgan fingerprint density at radius 1 is 0.333 bits per heavy atom. The molecule has 6 aromatic carbocycles. The number of nitrogens with zero attached hydrogens (tertiary/aromatic N) is 3. The largest absolute Gasteiger partial charge is 0.217 e. The van der Waals surface area contributed by atoms with Crippen LogP contribution in [0.1, 0.15) is 0 Å². The highest BCUT2D eigenvalue weighted by Gasteiger charge is 2.14. The van der Waals surface area contributed by atoms with Gasteiger partial charge in [0.15, 0.2) is 11.6 Å². The lowest BCUT2D eigenvalue weighted by Gasteiger charge is -2.05. The molecule has 3 nitrogen and oxygen atoms in total. The molecule has 6 heteroatoms. The van der Waals surface area contributed by atoms with Crippen LogP contribution in [0, 0.1) is 0 Å². The molecule has 0 N–H and O–H groups in total. The van der Waals surface area contributed by atoms with Crippen molar-refractivity contribution in [2.45, 2.75) is 0 Å². The molecule has 45 heavy (non-hydrogen) atoms. The number of thiophene rings is 3. The first-order valence-corrected chi connectivity index (χ1v) is 17.2. The van der Waals surface area contributed by atoms with Crippen LogP contribution >= 0.6 is 34.0 Å². The Bertz CT molecular complexity index is 2790. The second kappa shape index (κ2) is 9.74. The van der Waals surface area contributed by atoms with Crippen LogP contribution in [-0.4, -0.2) is 15.0 Å². The molecule has 0 aliphatic rings. The highest BCUT2D eigenvalue weighted by Crippen LogP contribution is 2.41. The number of fused-ring (bicyclic) bond motifs is 9. The molecule has 0 radical (unpaired) electrons. The fourth-order valence-electron chi connectivity index (χ4n) is 6.44. The van der Waals surface area contributed by atoms with Gasteiger partial charge in [-0.05, 0) is 83.9 Å². The molecule has 10 rings (SSSR count). The van der Waals surface area contributed by atoms with E-state index in [0.29, 0.717) is 11.6 Å². The maximum Gasteiger partial charge on any atom is 0.163 e. The van der Waals surface area contributed by atoms with E-state index in [2.05, 4.69) is 131 Å². The first-order valence-electron chi connectivity index (χ1n) is 14.7. The standard InChI is InChI=1S/C39H21N3S3/c1-3-7-32-26(5-1)28-17-22(9-13-34(28)43-32)23-10-14-36-30(18-23)31-20-25(12-16-37(31)45-36)39-41-21-40-38(42-39)24-11-15-35-29(19-24)27-6-2-4-8-33(27)44-35/h1-21H. The molecule has 0 aliphatic carbocycles. The summed E-state index contributed by atoms with van der Waals surface area (Å²) in [5, 5.41) is 7.64. The molecule has 0 unspecified atom stereocenters. The van der Waals surface area contributed by atoms with E-state index in [0.717, 1.165) is 11.1 Å². The summed E-state index contributed by atoms with van der Waals surface area (Å²) in [6.45, 7) is 0. The lowest BCUT2D eigenvalue weighted by molar-refractivity contribution is 1.07. The molecule has 0 atom stereocenters. The van der Waals surface area contributed by atoms with Crippen molar-refractivity contribution in [3.63, 3.8) is 0 Å². The third-order valence-electron chi connectivity index (χ3n) is 8.64. The summed E-state index contributed by atoms with van der Waals surface area (Å²) < 4.78 is 7.76. The Morgan fingerprint density at radius 3 is 1.16 bits per heavy atom. The van der Waals surface area contributed by atoms with Crippen LogP contribution in [0.15, 0.2) is 128 Å². The van der Waals surface area contributed by atoms with Crippen LogP contribution in [0.25, 0.3) is 94.4 Å². The number of aromatic nitrogens is 3. The molecule has 0 aliphatic heterocycles. The van der Waals surface area contributed by atoms with Crippen molar-refractivity contribution in [1.82, 2.24) is 15.0 Å². The molecule has 0 bridgehead atoms. The topological polar surface area (TPSA) is 38.7 Å². The van der Waals surface area contributed by atoms with Crippen molar-refractivity contribution in [2.24, 2.45) is 0 Å². The van der Waals surface area contributed by atoms with Crippen LogP contribution in [0.2, 0.25) is 0 Å². The molecule has 0 amide bonds. The predicted molar refractivity (Wildman–Crippen MR) is 195 cm³/mol. The highest BCUT2D eigenvalue weighted by molar-refractivity contribution is 7.26. The van der Waals surface area contributed by atoms with E-state index in [4.69, 9.17) is 4.98 Å². The van der Waals surface area contributed by atoms with Crippen molar-refractivity contribution >= 4 is 94.5 Å². The van der Waals surface area contributed by atoms with Gasteiger partial charge in [0.2, 0.25) is 0 Å². The lowest BCUT2D eigenvalue weighted by Crippen LogP contribution is -1.95. The van der Waals surface area contributed by atoms with Gasteiger partial charge in [-0.15, -0.1) is 34.0 Å². The summed E-state index contributed by atoms with van der Waals surface area (Å²) in [7, 11) is 0. The average Bonchev–Trinajstić information content (AvgIpc) is 3.78. The van der Waals surface area contributed by atoms with Crippen LogP contribution < -0.4 is 0 Å². The molecule has 0 saturated carbocycles. The van der Waals surface area contributed by atoms with Gasteiger partial charge < -0.3 is 0 Å². The van der Waals surface area contributed by atoms with Crippen molar-refractivity contribution < 1.29 is 0 Å². The molecular formula is C39H21N3S3. The van der Waals surface area contributed by atoms with Gasteiger partial charge >= 0.3 is 0 Å². The minimum Gasteiger partial charge on any atom is -0.217 e. The van der Waals surface area contributed by atoms with Crippen LogP contribution in [0.5, 0.6) is 0 Å². The summed E-state index contributed by atoms with van der Waals surface area (Å²) in [5.74, 6) is 1.37. The molecule has 4 aromatic heterocycles. The summed E-state index contributed by atoms with van der Waals surface area (Å²) in [6, 6.07) is 44.0. The zero-order valence-electron chi connectivity index (χ0n) is 23.7. The van der Waals surface area contributed by atoms with Gasteiger partial charge in [0.25, 0.3) is 0 Å². The lowest BCUT2D eigenvalue weighted by atomic mass is 10.0. The Labute approximate surface area is 269 Å². The number of hydrogen-bond acceptors (Lipinski definition) is 6. The molecule has 10 aromatic rings. The maximum absolute atomic E-state index is 4.96. The third-order valence-corrected chi connectivity index (χ3v) is 12.1. The molecule has 4 heterocycles.